The number of carbonyl (C=O) groups excluding carboxylic acids is 4. The van der Waals surface area contributed by atoms with Crippen LogP contribution in [0.3, 0.4) is 0 Å². The number of hydrogen-bond acceptors (Lipinski definition) is 6. The molecule has 2 saturated heterocycles. The summed E-state index contributed by atoms with van der Waals surface area (Å²) in [6, 6.07) is 7.78. The zero-order valence-electron chi connectivity index (χ0n) is 25.9. The number of alkyl halides is 6. The van der Waals surface area contributed by atoms with Gasteiger partial charge in [-0.25, -0.2) is 4.79 Å². The van der Waals surface area contributed by atoms with Gasteiger partial charge in [0.15, 0.2) is 0 Å². The number of piperidine rings is 1. The molecule has 2 heterocycles. The fraction of sp³-hybridized carbons (Fsp3) is 0.677. The first kappa shape index (κ1) is 37.1. The zero-order valence-corrected chi connectivity index (χ0v) is 25.9. The second kappa shape index (κ2) is 16.5. The van der Waals surface area contributed by atoms with Gasteiger partial charge in [-0.3, -0.25) is 14.4 Å². The third kappa shape index (κ3) is 10.9. The Bertz CT molecular complexity index is 1190. The number of fused-ring (bicyclic) bond motifs is 2. The number of carbonyl (C=O) groups is 4. The number of benzene rings is 1. The summed E-state index contributed by atoms with van der Waals surface area (Å²) in [5.41, 5.74) is 2.29. The highest BCUT2D eigenvalue weighted by Crippen LogP contribution is 2.46. The van der Waals surface area contributed by atoms with Crippen LogP contribution in [0.5, 0.6) is 0 Å². The molecule has 1 aromatic carbocycles. The minimum absolute atomic E-state index is 0.00347. The molecule has 0 spiro atoms. The van der Waals surface area contributed by atoms with Crippen LogP contribution in [0, 0.1) is 12.8 Å². The SMILES string of the molecule is Cc1ccc([C@H]2CC3CCC(C2COC(=O)C(CCCCNC(=O)C(F)(F)F)NC(=O)CCCCNC(=O)C(F)(F)F)N3C)cc1. The molecule has 258 valence electrons. The van der Waals surface area contributed by atoms with Crippen molar-refractivity contribution < 1.29 is 50.3 Å². The molecule has 0 aromatic heterocycles. The van der Waals surface area contributed by atoms with E-state index in [-0.39, 0.29) is 76.1 Å². The van der Waals surface area contributed by atoms with Crippen LogP contribution in [0.15, 0.2) is 24.3 Å². The van der Waals surface area contributed by atoms with E-state index in [1.165, 1.54) is 0 Å². The minimum Gasteiger partial charge on any atom is -0.464 e. The first-order valence-corrected chi connectivity index (χ1v) is 15.5. The number of hydrogen-bond donors (Lipinski definition) is 3. The summed E-state index contributed by atoms with van der Waals surface area (Å²) in [7, 11) is 2.07. The van der Waals surface area contributed by atoms with Gasteiger partial charge in [0.25, 0.3) is 0 Å². The molecule has 3 amide bonds. The maximum Gasteiger partial charge on any atom is 0.471 e. The Hall–Kier alpha value is -3.36. The molecule has 3 rings (SSSR count). The van der Waals surface area contributed by atoms with E-state index in [1.54, 1.807) is 10.6 Å². The second-order valence-electron chi connectivity index (χ2n) is 12.1. The van der Waals surface area contributed by atoms with Crippen molar-refractivity contribution in [2.24, 2.45) is 5.92 Å². The van der Waals surface area contributed by atoms with E-state index in [4.69, 9.17) is 4.74 Å². The predicted molar refractivity (Wildman–Crippen MR) is 155 cm³/mol. The summed E-state index contributed by atoms with van der Waals surface area (Å²) in [6.07, 6.45) is -6.72. The Kier molecular flexibility index (Phi) is 13.3. The van der Waals surface area contributed by atoms with Crippen LogP contribution in [-0.2, 0) is 23.9 Å². The van der Waals surface area contributed by atoms with Crippen molar-refractivity contribution in [3.63, 3.8) is 0 Å². The van der Waals surface area contributed by atoms with E-state index in [2.05, 4.69) is 29.4 Å². The molecule has 2 aliphatic rings. The van der Waals surface area contributed by atoms with Crippen LogP contribution < -0.4 is 16.0 Å². The van der Waals surface area contributed by atoms with Gasteiger partial charge in [0.2, 0.25) is 5.91 Å². The first-order chi connectivity index (χ1) is 21.6. The van der Waals surface area contributed by atoms with E-state index >= 15 is 0 Å². The van der Waals surface area contributed by atoms with Crippen molar-refractivity contribution in [3.05, 3.63) is 35.4 Å². The Balaban J connectivity index is 1.59. The average Bonchev–Trinajstić information content (AvgIpc) is 3.22. The van der Waals surface area contributed by atoms with Gasteiger partial charge in [0, 0.05) is 37.5 Å². The fourth-order valence-corrected chi connectivity index (χ4v) is 6.28. The molecule has 0 radical (unpaired) electrons. The number of ether oxygens (including phenoxy) is 1. The first-order valence-electron chi connectivity index (χ1n) is 15.5. The smallest absolute Gasteiger partial charge is 0.464 e. The lowest BCUT2D eigenvalue weighted by atomic mass is 9.76. The summed E-state index contributed by atoms with van der Waals surface area (Å²) < 4.78 is 80.1. The van der Waals surface area contributed by atoms with Crippen LogP contribution in [0.25, 0.3) is 0 Å². The van der Waals surface area contributed by atoms with Gasteiger partial charge in [-0.15, -0.1) is 0 Å². The molecule has 4 unspecified atom stereocenters. The predicted octanol–water partition coefficient (Wildman–Crippen LogP) is 4.29. The minimum atomic E-state index is -5.02. The Morgan fingerprint density at radius 1 is 0.891 bits per heavy atom. The lowest BCUT2D eigenvalue weighted by Crippen LogP contribution is -2.48. The van der Waals surface area contributed by atoms with E-state index < -0.39 is 42.1 Å². The van der Waals surface area contributed by atoms with Crippen LogP contribution >= 0.6 is 0 Å². The van der Waals surface area contributed by atoms with Crippen LogP contribution in [0.4, 0.5) is 26.3 Å². The monoisotopic (exact) mass is 664 g/mol. The van der Waals surface area contributed by atoms with Crippen LogP contribution in [-0.4, -0.2) is 85.8 Å². The highest BCUT2D eigenvalue weighted by atomic mass is 19.4. The topological polar surface area (TPSA) is 117 Å². The number of halogens is 6. The second-order valence-corrected chi connectivity index (χ2v) is 12.1. The van der Waals surface area contributed by atoms with Crippen molar-refractivity contribution in [2.45, 2.75) is 101 Å². The summed E-state index contributed by atoms with van der Waals surface area (Å²) >= 11 is 0. The van der Waals surface area contributed by atoms with Crippen molar-refractivity contribution in [1.82, 2.24) is 20.9 Å². The number of nitrogens with zero attached hydrogens (tertiary/aromatic N) is 1. The lowest BCUT2D eigenvalue weighted by molar-refractivity contribution is -0.173. The molecule has 2 fully saturated rings. The fourth-order valence-electron chi connectivity index (χ4n) is 6.28. The molecule has 9 nitrogen and oxygen atoms in total. The number of unbranched alkanes of at least 4 members (excludes halogenated alkanes) is 2. The van der Waals surface area contributed by atoms with E-state index in [0.29, 0.717) is 6.04 Å². The molecule has 1 aromatic rings. The molecule has 5 atom stereocenters. The maximum absolute atomic E-state index is 13.3. The van der Waals surface area contributed by atoms with E-state index in [9.17, 15) is 45.5 Å². The molecule has 46 heavy (non-hydrogen) atoms. The normalized spacial score (nSPS) is 22.2. The van der Waals surface area contributed by atoms with Gasteiger partial charge in [-0.05, 0) is 76.8 Å². The van der Waals surface area contributed by atoms with Crippen LogP contribution in [0.1, 0.15) is 74.8 Å². The van der Waals surface area contributed by atoms with Gasteiger partial charge >= 0.3 is 30.1 Å². The lowest BCUT2D eigenvalue weighted by Gasteiger charge is -2.43. The molecule has 2 aliphatic heterocycles. The van der Waals surface area contributed by atoms with E-state index in [0.717, 1.165) is 30.4 Å². The van der Waals surface area contributed by atoms with Crippen LogP contribution in [0.2, 0.25) is 0 Å². The quantitative estimate of drug-likeness (QED) is 0.147. The highest BCUT2D eigenvalue weighted by molar-refractivity contribution is 5.84. The van der Waals surface area contributed by atoms with Crippen molar-refractivity contribution >= 4 is 23.7 Å². The summed E-state index contributed by atoms with van der Waals surface area (Å²) in [4.78, 5) is 50.3. The number of aryl methyl sites for hydroxylation is 1. The molecule has 0 aliphatic carbocycles. The van der Waals surface area contributed by atoms with Gasteiger partial charge in [-0.2, -0.15) is 26.3 Å². The maximum atomic E-state index is 13.3. The largest absolute Gasteiger partial charge is 0.471 e. The van der Waals surface area contributed by atoms with Gasteiger partial charge < -0.3 is 25.6 Å². The number of esters is 1. The summed E-state index contributed by atoms with van der Waals surface area (Å²) in [6.45, 7) is 1.53. The molecule has 2 bridgehead atoms. The summed E-state index contributed by atoms with van der Waals surface area (Å²) in [5.74, 6) is -5.26. The molecule has 3 N–H and O–H groups in total. The Labute approximate surface area is 264 Å². The number of nitrogens with one attached hydrogen (secondary N) is 3. The highest BCUT2D eigenvalue weighted by Gasteiger charge is 2.46. The molecular formula is C31H42F6N4O5. The van der Waals surface area contributed by atoms with Crippen molar-refractivity contribution in [3.8, 4) is 0 Å². The van der Waals surface area contributed by atoms with Crippen molar-refractivity contribution in [2.75, 3.05) is 26.7 Å². The standard InChI is InChI=1S/C31H42F6N4O5/c1-19-9-11-20(12-10-19)22-17-21-13-14-25(41(21)2)23(22)18-46-27(43)24(7-3-5-15-38-28(44)30(32,33)34)40-26(42)8-4-6-16-39-29(45)31(35,36)37/h9-12,21-25H,3-8,13-18H2,1-2H3,(H,38,44)(H,39,45)(H,40,42)/t21?,22-,23?,24?,25?/m1/s1. The van der Waals surface area contributed by atoms with Gasteiger partial charge in [0.05, 0.1) is 6.61 Å². The van der Waals surface area contributed by atoms with Gasteiger partial charge in [-0.1, -0.05) is 29.8 Å². The van der Waals surface area contributed by atoms with Gasteiger partial charge in [0.1, 0.15) is 6.04 Å². The zero-order chi connectivity index (χ0) is 34.1. The van der Waals surface area contributed by atoms with E-state index in [1.807, 2.05) is 19.1 Å². The Morgan fingerprint density at radius 2 is 1.48 bits per heavy atom. The molecule has 0 saturated carbocycles. The number of rotatable bonds is 15. The van der Waals surface area contributed by atoms with Crippen molar-refractivity contribution in [1.29, 1.82) is 0 Å². The molecular weight excluding hydrogens is 622 g/mol. The third-order valence-corrected chi connectivity index (χ3v) is 8.81. The number of amides is 3. The molecule has 15 heteroatoms. The average molecular weight is 665 g/mol. The Morgan fingerprint density at radius 3 is 2.07 bits per heavy atom. The summed E-state index contributed by atoms with van der Waals surface area (Å²) in [5, 5.41) is 6.07. The third-order valence-electron chi connectivity index (χ3n) is 8.81.